The average Bonchev–Trinajstić information content (AvgIpc) is 2.59. The molecule has 0 atom stereocenters. The van der Waals surface area contributed by atoms with Gasteiger partial charge >= 0.3 is 0 Å². The van der Waals surface area contributed by atoms with Crippen LogP contribution in [0.2, 0.25) is 0 Å². The summed E-state index contributed by atoms with van der Waals surface area (Å²) in [6.07, 6.45) is 11.6. The lowest BCUT2D eigenvalue weighted by molar-refractivity contribution is 0.116. The first kappa shape index (κ1) is 16.8. The van der Waals surface area contributed by atoms with Gasteiger partial charge < -0.3 is 4.74 Å². The topological polar surface area (TPSA) is 33.0 Å². The number of nitriles is 1. The van der Waals surface area contributed by atoms with Gasteiger partial charge in [0.25, 0.3) is 0 Å². The van der Waals surface area contributed by atoms with Gasteiger partial charge in [-0.15, -0.1) is 0 Å². The van der Waals surface area contributed by atoms with E-state index in [2.05, 4.69) is 30.4 Å². The molecule has 1 aromatic carbocycles. The fourth-order valence-corrected chi connectivity index (χ4v) is 3.28. The standard InChI is InChI=1S/C20H27NO/c1-2-3-4-14-22-15-13-17-5-9-19(10-6-17)20-11-7-18(16-21)8-12-20/h2-3,7-8,11-12,17,19H,4-6,9-10,13-15H2,1H3. The minimum absolute atomic E-state index is 0.680. The molecule has 0 spiro atoms. The van der Waals surface area contributed by atoms with Crippen LogP contribution in [-0.2, 0) is 4.74 Å². The molecule has 2 nitrogen and oxygen atoms in total. The van der Waals surface area contributed by atoms with Crippen molar-refractivity contribution in [2.45, 2.75) is 51.4 Å². The van der Waals surface area contributed by atoms with Gasteiger partial charge in [0, 0.05) is 6.61 Å². The number of benzene rings is 1. The van der Waals surface area contributed by atoms with Crippen LogP contribution in [0, 0.1) is 17.2 Å². The SMILES string of the molecule is CC=CCCOCCC1CCC(c2ccc(C#N)cc2)CC1. The normalized spacial score (nSPS) is 21.8. The minimum atomic E-state index is 0.680. The minimum Gasteiger partial charge on any atom is -0.381 e. The van der Waals surface area contributed by atoms with Crippen LogP contribution in [0.1, 0.15) is 62.5 Å². The first-order chi connectivity index (χ1) is 10.8. The molecule has 0 amide bonds. The second-order valence-electron chi connectivity index (χ2n) is 6.21. The second kappa shape index (κ2) is 9.43. The Kier molecular flexibility index (Phi) is 7.19. The highest BCUT2D eigenvalue weighted by Gasteiger charge is 2.22. The molecule has 118 valence electrons. The van der Waals surface area contributed by atoms with Gasteiger partial charge in [-0.25, -0.2) is 0 Å². The molecule has 1 fully saturated rings. The summed E-state index contributed by atoms with van der Waals surface area (Å²) >= 11 is 0. The summed E-state index contributed by atoms with van der Waals surface area (Å²) in [5.74, 6) is 1.51. The molecule has 1 aromatic rings. The number of hydrogen-bond donors (Lipinski definition) is 0. The molecule has 0 unspecified atom stereocenters. The molecular weight excluding hydrogens is 270 g/mol. The van der Waals surface area contributed by atoms with Gasteiger partial charge in [0.2, 0.25) is 0 Å². The van der Waals surface area contributed by atoms with E-state index in [1.165, 1.54) is 37.7 Å². The van der Waals surface area contributed by atoms with Crippen LogP contribution in [0.25, 0.3) is 0 Å². The Morgan fingerprint density at radius 3 is 2.50 bits per heavy atom. The van der Waals surface area contributed by atoms with Crippen LogP contribution in [0.15, 0.2) is 36.4 Å². The second-order valence-corrected chi connectivity index (χ2v) is 6.21. The summed E-state index contributed by atoms with van der Waals surface area (Å²) in [5, 5.41) is 8.86. The Bertz CT molecular complexity index is 489. The van der Waals surface area contributed by atoms with Gasteiger partial charge in [0.05, 0.1) is 18.2 Å². The Balaban J connectivity index is 1.66. The highest BCUT2D eigenvalue weighted by molar-refractivity contribution is 5.33. The molecule has 0 N–H and O–H groups in total. The summed E-state index contributed by atoms with van der Waals surface area (Å²) in [6.45, 7) is 3.81. The van der Waals surface area contributed by atoms with Crippen molar-refractivity contribution in [1.29, 1.82) is 5.26 Å². The lowest BCUT2D eigenvalue weighted by atomic mass is 9.77. The van der Waals surface area contributed by atoms with Crippen molar-refractivity contribution in [3.63, 3.8) is 0 Å². The Morgan fingerprint density at radius 2 is 1.86 bits per heavy atom. The zero-order valence-electron chi connectivity index (χ0n) is 13.6. The van der Waals surface area contributed by atoms with E-state index in [0.717, 1.165) is 31.1 Å². The summed E-state index contributed by atoms with van der Waals surface area (Å²) in [7, 11) is 0. The Hall–Kier alpha value is -1.59. The number of ether oxygens (including phenoxy) is 1. The summed E-state index contributed by atoms with van der Waals surface area (Å²) < 4.78 is 5.69. The quantitative estimate of drug-likeness (QED) is 0.511. The molecule has 1 aliphatic carbocycles. The predicted octanol–water partition coefficient (Wildman–Crippen LogP) is 5.20. The van der Waals surface area contributed by atoms with Crippen LogP contribution in [0.3, 0.4) is 0 Å². The van der Waals surface area contributed by atoms with Crippen LogP contribution in [-0.4, -0.2) is 13.2 Å². The van der Waals surface area contributed by atoms with Crippen molar-refractivity contribution in [2.24, 2.45) is 5.92 Å². The van der Waals surface area contributed by atoms with Gasteiger partial charge in [-0.2, -0.15) is 5.26 Å². The maximum atomic E-state index is 8.86. The van der Waals surface area contributed by atoms with Crippen molar-refractivity contribution in [2.75, 3.05) is 13.2 Å². The van der Waals surface area contributed by atoms with Gasteiger partial charge in [-0.05, 0) is 75.0 Å². The fraction of sp³-hybridized carbons (Fsp3) is 0.550. The maximum Gasteiger partial charge on any atom is 0.0991 e. The van der Waals surface area contributed by atoms with Crippen molar-refractivity contribution in [3.05, 3.63) is 47.5 Å². The van der Waals surface area contributed by atoms with E-state index in [1.807, 2.05) is 19.1 Å². The molecule has 2 heteroatoms. The molecule has 1 saturated carbocycles. The zero-order chi connectivity index (χ0) is 15.6. The Labute approximate surface area is 134 Å². The summed E-state index contributed by atoms with van der Waals surface area (Å²) in [6, 6.07) is 10.3. The lowest BCUT2D eigenvalue weighted by Gasteiger charge is -2.28. The third-order valence-electron chi connectivity index (χ3n) is 4.69. The van der Waals surface area contributed by atoms with E-state index >= 15 is 0 Å². The Morgan fingerprint density at radius 1 is 1.14 bits per heavy atom. The van der Waals surface area contributed by atoms with E-state index in [4.69, 9.17) is 10.00 Å². The highest BCUT2D eigenvalue weighted by atomic mass is 16.5. The molecular formula is C20H27NO. The van der Waals surface area contributed by atoms with Gasteiger partial charge in [-0.1, -0.05) is 24.3 Å². The first-order valence-electron chi connectivity index (χ1n) is 8.52. The van der Waals surface area contributed by atoms with E-state index in [-0.39, 0.29) is 0 Å². The predicted molar refractivity (Wildman–Crippen MR) is 90.7 cm³/mol. The average molecular weight is 297 g/mol. The number of nitrogens with zero attached hydrogens (tertiary/aromatic N) is 1. The first-order valence-corrected chi connectivity index (χ1v) is 8.52. The molecule has 0 aliphatic heterocycles. The van der Waals surface area contributed by atoms with E-state index in [0.29, 0.717) is 5.92 Å². The van der Waals surface area contributed by atoms with Crippen molar-refractivity contribution >= 4 is 0 Å². The van der Waals surface area contributed by atoms with Gasteiger partial charge in [0.1, 0.15) is 0 Å². The van der Waals surface area contributed by atoms with Crippen molar-refractivity contribution in [3.8, 4) is 6.07 Å². The summed E-state index contributed by atoms with van der Waals surface area (Å²) in [4.78, 5) is 0. The highest BCUT2D eigenvalue weighted by Crippen LogP contribution is 2.37. The molecule has 0 heterocycles. The van der Waals surface area contributed by atoms with Crippen molar-refractivity contribution < 1.29 is 4.74 Å². The number of allylic oxidation sites excluding steroid dienone is 1. The van der Waals surface area contributed by atoms with Gasteiger partial charge in [-0.3, -0.25) is 0 Å². The summed E-state index contributed by atoms with van der Waals surface area (Å²) in [5.41, 5.74) is 2.16. The van der Waals surface area contributed by atoms with Crippen LogP contribution < -0.4 is 0 Å². The maximum absolute atomic E-state index is 8.86. The van der Waals surface area contributed by atoms with E-state index in [9.17, 15) is 0 Å². The fourth-order valence-electron chi connectivity index (χ4n) is 3.28. The number of rotatable bonds is 7. The molecule has 2 rings (SSSR count). The van der Waals surface area contributed by atoms with E-state index < -0.39 is 0 Å². The molecule has 1 aliphatic rings. The molecule has 22 heavy (non-hydrogen) atoms. The molecule has 0 aromatic heterocycles. The third-order valence-corrected chi connectivity index (χ3v) is 4.69. The third kappa shape index (κ3) is 5.31. The van der Waals surface area contributed by atoms with Crippen LogP contribution in [0.4, 0.5) is 0 Å². The molecule has 0 radical (unpaired) electrons. The van der Waals surface area contributed by atoms with Crippen LogP contribution >= 0.6 is 0 Å². The largest absolute Gasteiger partial charge is 0.381 e. The van der Waals surface area contributed by atoms with Crippen molar-refractivity contribution in [1.82, 2.24) is 0 Å². The molecule has 0 bridgehead atoms. The zero-order valence-corrected chi connectivity index (χ0v) is 13.6. The van der Waals surface area contributed by atoms with Gasteiger partial charge in [0.15, 0.2) is 0 Å². The monoisotopic (exact) mass is 297 g/mol. The van der Waals surface area contributed by atoms with E-state index in [1.54, 1.807) is 0 Å². The lowest BCUT2D eigenvalue weighted by Crippen LogP contribution is -2.15. The number of hydrogen-bond acceptors (Lipinski definition) is 2. The smallest absolute Gasteiger partial charge is 0.0991 e. The molecule has 0 saturated heterocycles. The van der Waals surface area contributed by atoms with Crippen LogP contribution in [0.5, 0.6) is 0 Å².